The van der Waals surface area contributed by atoms with Crippen LogP contribution < -0.4 is 10.1 Å². The maximum atomic E-state index is 11.6. The van der Waals surface area contributed by atoms with E-state index in [1.165, 1.54) is 10.9 Å². The summed E-state index contributed by atoms with van der Waals surface area (Å²) in [5.41, 5.74) is 0.435. The lowest BCUT2D eigenvalue weighted by Gasteiger charge is -2.07. The van der Waals surface area contributed by atoms with Gasteiger partial charge in [-0.1, -0.05) is 23.4 Å². The summed E-state index contributed by atoms with van der Waals surface area (Å²) in [4.78, 5) is 11.6. The molecule has 7 heteroatoms. The predicted molar refractivity (Wildman–Crippen MR) is 70.9 cm³/mol. The number of aliphatic hydroxyl groups is 1. The number of hydrogen-bond acceptors (Lipinski definition) is 5. The quantitative estimate of drug-likeness (QED) is 0.693. The summed E-state index contributed by atoms with van der Waals surface area (Å²) >= 11 is 0. The summed E-state index contributed by atoms with van der Waals surface area (Å²) in [6, 6.07) is 9.39. The van der Waals surface area contributed by atoms with E-state index in [0.29, 0.717) is 18.8 Å². The van der Waals surface area contributed by atoms with E-state index < -0.39 is 0 Å². The van der Waals surface area contributed by atoms with Crippen molar-refractivity contribution in [2.75, 3.05) is 13.2 Å². The van der Waals surface area contributed by atoms with E-state index in [-0.39, 0.29) is 19.1 Å². The minimum absolute atomic E-state index is 0.0678. The van der Waals surface area contributed by atoms with Crippen molar-refractivity contribution in [1.82, 2.24) is 20.3 Å². The molecule has 0 fully saturated rings. The molecule has 0 aliphatic heterocycles. The molecule has 20 heavy (non-hydrogen) atoms. The van der Waals surface area contributed by atoms with Gasteiger partial charge in [0.25, 0.3) is 0 Å². The fourth-order valence-electron chi connectivity index (χ4n) is 1.57. The molecule has 0 bridgehead atoms. The van der Waals surface area contributed by atoms with Gasteiger partial charge in [0.1, 0.15) is 24.6 Å². The number of rotatable bonds is 7. The lowest BCUT2D eigenvalue weighted by molar-refractivity contribution is -0.121. The summed E-state index contributed by atoms with van der Waals surface area (Å²) < 4.78 is 6.82. The normalized spacial score (nSPS) is 10.2. The second-order valence-electron chi connectivity index (χ2n) is 4.08. The standard InChI is InChI=1S/C13H16N4O3/c18-10-11-8-17(16-15-11)9-13(19)14-6-7-20-12-4-2-1-3-5-12/h1-5,8,18H,6-7,9-10H2,(H,14,19). The number of nitrogens with one attached hydrogen (secondary N) is 1. The first-order chi connectivity index (χ1) is 9.78. The zero-order valence-electron chi connectivity index (χ0n) is 10.9. The second kappa shape index (κ2) is 7.25. The average Bonchev–Trinajstić information content (AvgIpc) is 2.92. The van der Waals surface area contributed by atoms with Gasteiger partial charge in [0.05, 0.1) is 19.3 Å². The van der Waals surface area contributed by atoms with E-state index in [0.717, 1.165) is 5.75 Å². The van der Waals surface area contributed by atoms with Gasteiger partial charge in [-0.3, -0.25) is 4.79 Å². The van der Waals surface area contributed by atoms with Gasteiger partial charge in [0.2, 0.25) is 5.91 Å². The molecule has 0 aliphatic rings. The van der Waals surface area contributed by atoms with Crippen LogP contribution in [0.15, 0.2) is 36.5 Å². The Morgan fingerprint density at radius 2 is 2.15 bits per heavy atom. The number of aromatic nitrogens is 3. The van der Waals surface area contributed by atoms with Gasteiger partial charge in [-0.2, -0.15) is 0 Å². The number of amides is 1. The smallest absolute Gasteiger partial charge is 0.241 e. The fraction of sp³-hybridized carbons (Fsp3) is 0.308. The van der Waals surface area contributed by atoms with Crippen molar-refractivity contribution in [2.45, 2.75) is 13.2 Å². The highest BCUT2D eigenvalue weighted by Crippen LogP contribution is 2.07. The van der Waals surface area contributed by atoms with Crippen LogP contribution in [0.4, 0.5) is 0 Å². The third-order valence-corrected chi connectivity index (χ3v) is 2.49. The van der Waals surface area contributed by atoms with Gasteiger partial charge in [-0.05, 0) is 12.1 Å². The van der Waals surface area contributed by atoms with Gasteiger partial charge < -0.3 is 15.2 Å². The van der Waals surface area contributed by atoms with Crippen LogP contribution in [-0.2, 0) is 17.9 Å². The Morgan fingerprint density at radius 1 is 1.35 bits per heavy atom. The Labute approximate surface area is 116 Å². The number of carbonyl (C=O) groups excluding carboxylic acids is 1. The van der Waals surface area contributed by atoms with Crippen molar-refractivity contribution in [2.24, 2.45) is 0 Å². The molecule has 1 heterocycles. The molecule has 2 aromatic rings. The molecule has 7 nitrogen and oxygen atoms in total. The Morgan fingerprint density at radius 3 is 2.85 bits per heavy atom. The molecule has 0 atom stereocenters. The lowest BCUT2D eigenvalue weighted by Crippen LogP contribution is -2.31. The van der Waals surface area contributed by atoms with Gasteiger partial charge in [0.15, 0.2) is 0 Å². The maximum absolute atomic E-state index is 11.6. The highest BCUT2D eigenvalue weighted by Gasteiger charge is 2.05. The zero-order chi connectivity index (χ0) is 14.2. The van der Waals surface area contributed by atoms with Gasteiger partial charge in [-0.25, -0.2) is 4.68 Å². The number of hydrogen-bond donors (Lipinski definition) is 2. The molecule has 1 amide bonds. The molecule has 106 valence electrons. The molecule has 0 aliphatic carbocycles. The van der Waals surface area contributed by atoms with Crippen molar-refractivity contribution < 1.29 is 14.6 Å². The first-order valence-corrected chi connectivity index (χ1v) is 6.22. The average molecular weight is 276 g/mol. The van der Waals surface area contributed by atoms with Crippen LogP contribution in [-0.4, -0.2) is 39.2 Å². The summed E-state index contributed by atoms with van der Waals surface area (Å²) in [5.74, 6) is 0.585. The molecule has 2 rings (SSSR count). The third kappa shape index (κ3) is 4.36. The zero-order valence-corrected chi connectivity index (χ0v) is 10.9. The van der Waals surface area contributed by atoms with Crippen molar-refractivity contribution in [1.29, 1.82) is 0 Å². The van der Waals surface area contributed by atoms with Crippen LogP contribution in [0, 0.1) is 0 Å². The van der Waals surface area contributed by atoms with E-state index in [9.17, 15) is 4.79 Å². The van der Waals surface area contributed by atoms with E-state index in [4.69, 9.17) is 9.84 Å². The number of para-hydroxylation sites is 1. The third-order valence-electron chi connectivity index (χ3n) is 2.49. The number of nitrogens with zero attached hydrogens (tertiary/aromatic N) is 3. The molecular formula is C13H16N4O3. The van der Waals surface area contributed by atoms with Crippen molar-refractivity contribution in [3.05, 3.63) is 42.2 Å². The topological polar surface area (TPSA) is 89.3 Å². The Kier molecular flexibility index (Phi) is 5.08. The van der Waals surface area contributed by atoms with Crippen LogP contribution in [0.1, 0.15) is 5.69 Å². The molecule has 1 aromatic heterocycles. The molecule has 0 saturated carbocycles. The van der Waals surface area contributed by atoms with Crippen LogP contribution in [0.3, 0.4) is 0 Å². The molecule has 2 N–H and O–H groups in total. The number of aliphatic hydroxyl groups excluding tert-OH is 1. The largest absolute Gasteiger partial charge is 0.492 e. The summed E-state index contributed by atoms with van der Waals surface area (Å²) in [6.07, 6.45) is 1.53. The summed E-state index contributed by atoms with van der Waals surface area (Å²) in [7, 11) is 0. The number of carbonyl (C=O) groups is 1. The molecule has 0 saturated heterocycles. The monoisotopic (exact) mass is 276 g/mol. The Bertz CT molecular complexity index is 542. The number of benzene rings is 1. The van der Waals surface area contributed by atoms with Gasteiger partial charge in [-0.15, -0.1) is 5.10 Å². The fourth-order valence-corrected chi connectivity index (χ4v) is 1.57. The van der Waals surface area contributed by atoms with E-state index >= 15 is 0 Å². The predicted octanol–water partition coefficient (Wildman–Crippen LogP) is -0.0344. The molecule has 0 unspecified atom stereocenters. The summed E-state index contributed by atoms with van der Waals surface area (Å²) in [5, 5.41) is 18.9. The number of ether oxygens (including phenoxy) is 1. The molecule has 0 spiro atoms. The summed E-state index contributed by atoms with van der Waals surface area (Å²) in [6.45, 7) is 0.690. The van der Waals surface area contributed by atoms with Crippen LogP contribution in [0.25, 0.3) is 0 Å². The molecular weight excluding hydrogens is 260 g/mol. The minimum Gasteiger partial charge on any atom is -0.492 e. The van der Waals surface area contributed by atoms with Crippen LogP contribution >= 0.6 is 0 Å². The van der Waals surface area contributed by atoms with Crippen molar-refractivity contribution >= 4 is 5.91 Å². The van der Waals surface area contributed by atoms with Crippen LogP contribution in [0.2, 0.25) is 0 Å². The Hall–Kier alpha value is -2.41. The van der Waals surface area contributed by atoms with E-state index in [1.807, 2.05) is 30.3 Å². The van der Waals surface area contributed by atoms with Gasteiger partial charge in [0, 0.05) is 0 Å². The Balaban J connectivity index is 1.65. The SMILES string of the molecule is O=C(Cn1cc(CO)nn1)NCCOc1ccccc1. The first kappa shape index (κ1) is 14.0. The molecule has 0 radical (unpaired) electrons. The lowest BCUT2D eigenvalue weighted by atomic mass is 10.3. The molecule has 1 aromatic carbocycles. The second-order valence-corrected chi connectivity index (χ2v) is 4.08. The van der Waals surface area contributed by atoms with Crippen molar-refractivity contribution in [3.8, 4) is 5.75 Å². The van der Waals surface area contributed by atoms with Gasteiger partial charge >= 0.3 is 0 Å². The highest BCUT2D eigenvalue weighted by molar-refractivity contribution is 5.75. The van der Waals surface area contributed by atoms with Crippen LogP contribution in [0.5, 0.6) is 5.75 Å². The first-order valence-electron chi connectivity index (χ1n) is 6.22. The maximum Gasteiger partial charge on any atom is 0.241 e. The van der Waals surface area contributed by atoms with Crippen molar-refractivity contribution in [3.63, 3.8) is 0 Å². The van der Waals surface area contributed by atoms with E-state index in [1.54, 1.807) is 0 Å². The van der Waals surface area contributed by atoms with E-state index in [2.05, 4.69) is 15.6 Å². The highest BCUT2D eigenvalue weighted by atomic mass is 16.5. The minimum atomic E-state index is -0.188.